The summed E-state index contributed by atoms with van der Waals surface area (Å²) in [5.41, 5.74) is 2.69. The fourth-order valence-electron chi connectivity index (χ4n) is 2.17. The fourth-order valence-corrected chi connectivity index (χ4v) is 4.23. The second kappa shape index (κ2) is 8.30. The molecule has 26 heavy (non-hydrogen) atoms. The number of carbonyl (C=O) groups is 2. The molecule has 0 fully saturated rings. The summed E-state index contributed by atoms with van der Waals surface area (Å²) in [6.45, 7) is 0.861. The number of sulfonamides is 1. The van der Waals surface area contributed by atoms with Gasteiger partial charge in [0.25, 0.3) is 15.9 Å². The lowest BCUT2D eigenvalue weighted by Crippen LogP contribution is -2.43. The normalized spacial score (nSPS) is 10.9. The van der Waals surface area contributed by atoms with E-state index in [-0.39, 0.29) is 10.8 Å². The van der Waals surface area contributed by atoms with E-state index >= 15 is 0 Å². The highest BCUT2D eigenvalue weighted by Gasteiger charge is 2.28. The summed E-state index contributed by atoms with van der Waals surface area (Å²) < 4.78 is 27.6. The molecule has 0 bridgehead atoms. The third kappa shape index (κ3) is 4.59. The van der Waals surface area contributed by atoms with Crippen LogP contribution in [0.25, 0.3) is 0 Å². The molecule has 2 amide bonds. The molecule has 8 nitrogen and oxygen atoms in total. The molecule has 138 valence electrons. The average Bonchev–Trinajstić information content (AvgIpc) is 2.60. The molecule has 4 N–H and O–H groups in total. The fraction of sp³-hybridized carbons (Fsp3) is 0.125. The van der Waals surface area contributed by atoms with Crippen LogP contribution in [0.2, 0.25) is 0 Å². The second-order valence-electron chi connectivity index (χ2n) is 5.24. The number of nitrogens with zero attached hydrogens (tertiary/aromatic N) is 1. The SMILES string of the molecule is CC(=O)Nc1ccc(S(=O)(=O)N(CC(=O)NN)c2ccccc2Br)cc1. The summed E-state index contributed by atoms with van der Waals surface area (Å²) >= 11 is 3.30. The molecule has 10 heteroatoms. The first-order valence-electron chi connectivity index (χ1n) is 7.40. The van der Waals surface area contributed by atoms with Crippen LogP contribution in [0, 0.1) is 0 Å². The lowest BCUT2D eigenvalue weighted by atomic mass is 10.3. The average molecular weight is 441 g/mol. The maximum Gasteiger partial charge on any atom is 0.264 e. The van der Waals surface area contributed by atoms with E-state index < -0.39 is 22.5 Å². The lowest BCUT2D eigenvalue weighted by molar-refractivity contribution is -0.119. The quantitative estimate of drug-likeness (QED) is 0.357. The molecule has 0 saturated carbocycles. The number of para-hydroxylation sites is 1. The van der Waals surface area contributed by atoms with Crippen molar-refractivity contribution >= 4 is 49.1 Å². The van der Waals surface area contributed by atoms with Crippen molar-refractivity contribution in [1.82, 2.24) is 5.43 Å². The number of halogens is 1. The van der Waals surface area contributed by atoms with E-state index in [4.69, 9.17) is 5.84 Å². The Morgan fingerprint density at radius 1 is 1.12 bits per heavy atom. The van der Waals surface area contributed by atoms with E-state index in [1.165, 1.54) is 31.2 Å². The van der Waals surface area contributed by atoms with Crippen molar-refractivity contribution in [2.45, 2.75) is 11.8 Å². The zero-order valence-corrected chi connectivity index (χ0v) is 16.2. The lowest BCUT2D eigenvalue weighted by Gasteiger charge is -2.24. The van der Waals surface area contributed by atoms with Crippen LogP contribution in [-0.4, -0.2) is 26.8 Å². The number of anilines is 2. The van der Waals surface area contributed by atoms with Gasteiger partial charge >= 0.3 is 0 Å². The molecule has 2 aromatic rings. The molecule has 0 radical (unpaired) electrons. The summed E-state index contributed by atoms with van der Waals surface area (Å²) in [5, 5.41) is 2.56. The predicted octanol–water partition coefficient (Wildman–Crippen LogP) is 1.59. The number of hydrogen-bond donors (Lipinski definition) is 3. The van der Waals surface area contributed by atoms with E-state index in [2.05, 4.69) is 21.2 Å². The van der Waals surface area contributed by atoms with Crippen LogP contribution in [0.3, 0.4) is 0 Å². The topological polar surface area (TPSA) is 122 Å². The van der Waals surface area contributed by atoms with E-state index in [0.717, 1.165) is 4.31 Å². The van der Waals surface area contributed by atoms with Crippen LogP contribution in [0.4, 0.5) is 11.4 Å². The largest absolute Gasteiger partial charge is 0.326 e. The molecule has 2 aromatic carbocycles. The molecule has 0 heterocycles. The van der Waals surface area contributed by atoms with Crippen LogP contribution < -0.4 is 20.9 Å². The van der Waals surface area contributed by atoms with Crippen molar-refractivity contribution < 1.29 is 18.0 Å². The van der Waals surface area contributed by atoms with Crippen molar-refractivity contribution in [2.75, 3.05) is 16.2 Å². The van der Waals surface area contributed by atoms with Gasteiger partial charge in [-0.05, 0) is 52.3 Å². The Bertz CT molecular complexity index is 916. The summed E-state index contributed by atoms with van der Waals surface area (Å²) in [6, 6.07) is 12.3. The summed E-state index contributed by atoms with van der Waals surface area (Å²) in [7, 11) is -4.05. The Labute approximate surface area is 159 Å². The van der Waals surface area contributed by atoms with Crippen LogP contribution in [0.5, 0.6) is 0 Å². The number of carbonyl (C=O) groups excluding carboxylic acids is 2. The molecule has 0 saturated heterocycles. The second-order valence-corrected chi connectivity index (χ2v) is 7.95. The van der Waals surface area contributed by atoms with Crippen molar-refractivity contribution in [3.63, 3.8) is 0 Å². The summed E-state index contributed by atoms with van der Waals surface area (Å²) in [6.07, 6.45) is 0. The highest BCUT2D eigenvalue weighted by molar-refractivity contribution is 9.10. The van der Waals surface area contributed by atoms with Gasteiger partial charge in [-0.25, -0.2) is 14.3 Å². The van der Waals surface area contributed by atoms with E-state index in [9.17, 15) is 18.0 Å². The maximum absolute atomic E-state index is 13.1. The molecule has 0 aromatic heterocycles. The Morgan fingerprint density at radius 2 is 1.73 bits per heavy atom. The molecule has 0 aliphatic rings. The number of amides is 2. The van der Waals surface area contributed by atoms with Crippen LogP contribution in [-0.2, 0) is 19.6 Å². The predicted molar refractivity (Wildman–Crippen MR) is 102 cm³/mol. The smallest absolute Gasteiger partial charge is 0.264 e. The van der Waals surface area contributed by atoms with Gasteiger partial charge in [-0.15, -0.1) is 0 Å². The van der Waals surface area contributed by atoms with Gasteiger partial charge < -0.3 is 5.32 Å². The minimum Gasteiger partial charge on any atom is -0.326 e. The molecule has 0 spiro atoms. The zero-order valence-electron chi connectivity index (χ0n) is 13.8. The van der Waals surface area contributed by atoms with Gasteiger partial charge in [0.2, 0.25) is 5.91 Å². The molecule has 0 unspecified atom stereocenters. The first kappa shape index (κ1) is 19.9. The van der Waals surface area contributed by atoms with Gasteiger partial charge in [-0.1, -0.05) is 12.1 Å². The van der Waals surface area contributed by atoms with E-state index in [0.29, 0.717) is 15.8 Å². The van der Waals surface area contributed by atoms with Crippen LogP contribution in [0.15, 0.2) is 57.9 Å². The molecule has 2 rings (SSSR count). The highest BCUT2D eigenvalue weighted by Crippen LogP contribution is 2.30. The third-order valence-corrected chi connectivity index (χ3v) is 5.78. The van der Waals surface area contributed by atoms with Crippen molar-refractivity contribution in [1.29, 1.82) is 0 Å². The van der Waals surface area contributed by atoms with Gasteiger partial charge in [-0.3, -0.25) is 19.3 Å². The molecule has 0 aliphatic heterocycles. The number of nitrogens with two attached hydrogens (primary N) is 1. The molecule has 0 atom stereocenters. The number of hydrazine groups is 1. The zero-order chi connectivity index (χ0) is 19.3. The molecular weight excluding hydrogens is 424 g/mol. The van der Waals surface area contributed by atoms with Gasteiger partial charge in [0.05, 0.1) is 10.6 Å². The van der Waals surface area contributed by atoms with Gasteiger partial charge in [0.1, 0.15) is 6.54 Å². The van der Waals surface area contributed by atoms with Crippen LogP contribution in [0.1, 0.15) is 6.92 Å². The Kier molecular flexibility index (Phi) is 6.35. The first-order valence-corrected chi connectivity index (χ1v) is 9.63. The minimum absolute atomic E-state index is 0.0350. The Hall–Kier alpha value is -2.43. The molecular formula is C16H17BrN4O4S. The number of benzene rings is 2. The monoisotopic (exact) mass is 440 g/mol. The van der Waals surface area contributed by atoms with Crippen molar-refractivity contribution in [2.24, 2.45) is 5.84 Å². The van der Waals surface area contributed by atoms with Crippen molar-refractivity contribution in [3.8, 4) is 0 Å². The number of rotatable bonds is 6. The highest BCUT2D eigenvalue weighted by atomic mass is 79.9. The summed E-state index contributed by atoms with van der Waals surface area (Å²) in [5.74, 6) is 4.18. The number of hydrogen-bond acceptors (Lipinski definition) is 5. The Morgan fingerprint density at radius 3 is 2.27 bits per heavy atom. The van der Waals surface area contributed by atoms with Gasteiger partial charge in [0, 0.05) is 17.1 Å². The minimum atomic E-state index is -4.05. The maximum atomic E-state index is 13.1. The van der Waals surface area contributed by atoms with E-state index in [1.807, 2.05) is 5.43 Å². The van der Waals surface area contributed by atoms with Crippen molar-refractivity contribution in [3.05, 3.63) is 53.0 Å². The Balaban J connectivity index is 2.47. The number of nitrogens with one attached hydrogen (secondary N) is 2. The van der Waals surface area contributed by atoms with Gasteiger partial charge in [-0.2, -0.15) is 0 Å². The third-order valence-electron chi connectivity index (χ3n) is 3.33. The first-order chi connectivity index (χ1) is 12.3. The summed E-state index contributed by atoms with van der Waals surface area (Å²) in [4.78, 5) is 22.8. The van der Waals surface area contributed by atoms with Gasteiger partial charge in [0.15, 0.2) is 0 Å². The van der Waals surface area contributed by atoms with Crippen LogP contribution >= 0.6 is 15.9 Å². The standard InChI is InChI=1S/C16H17BrN4O4S/c1-11(22)19-12-6-8-13(9-7-12)26(24,25)21(10-16(23)20-18)15-5-3-2-4-14(15)17/h2-9H,10,18H2,1H3,(H,19,22)(H,20,23). The molecule has 0 aliphatic carbocycles. The van der Waals surface area contributed by atoms with E-state index in [1.54, 1.807) is 24.3 Å².